The number of aromatic amines is 1. The van der Waals surface area contributed by atoms with Gasteiger partial charge in [0, 0.05) is 11.8 Å². The molecule has 7 nitrogen and oxygen atoms in total. The van der Waals surface area contributed by atoms with Crippen LogP contribution in [0.2, 0.25) is 0 Å². The van der Waals surface area contributed by atoms with Crippen LogP contribution in [-0.4, -0.2) is 32.3 Å². The minimum absolute atomic E-state index is 0.217. The molecular formula is C19H21N5O2. The van der Waals surface area contributed by atoms with Crippen LogP contribution in [0.3, 0.4) is 0 Å². The van der Waals surface area contributed by atoms with Crippen molar-refractivity contribution >= 4 is 28.4 Å². The monoisotopic (exact) mass is 351 g/mol. The predicted octanol–water partition coefficient (Wildman–Crippen LogP) is 4.14. The van der Waals surface area contributed by atoms with Gasteiger partial charge >= 0.3 is 0 Å². The maximum absolute atomic E-state index is 5.83. The van der Waals surface area contributed by atoms with E-state index in [1.54, 1.807) is 7.11 Å². The lowest BCUT2D eigenvalue weighted by atomic mass is 10.2. The number of imidazole rings is 1. The molecule has 0 bridgehead atoms. The number of nitrogens with zero attached hydrogens (tertiary/aromatic N) is 3. The van der Waals surface area contributed by atoms with Gasteiger partial charge in [-0.1, -0.05) is 0 Å². The van der Waals surface area contributed by atoms with Gasteiger partial charge in [-0.25, -0.2) is 9.50 Å². The number of methoxy groups -OCH3 is 1. The first-order chi connectivity index (χ1) is 12.4. The molecule has 0 unspecified atom stereocenters. The Morgan fingerprint density at radius 1 is 1.00 bits per heavy atom. The number of anilines is 2. The van der Waals surface area contributed by atoms with Crippen LogP contribution in [0.25, 0.3) is 16.8 Å². The van der Waals surface area contributed by atoms with Crippen molar-refractivity contribution in [2.75, 3.05) is 12.4 Å². The summed E-state index contributed by atoms with van der Waals surface area (Å²) >= 11 is 0. The Morgan fingerprint density at radius 3 is 2.42 bits per heavy atom. The molecule has 0 saturated heterocycles. The molecule has 0 atom stereocenters. The molecule has 134 valence electrons. The average molecular weight is 351 g/mol. The van der Waals surface area contributed by atoms with E-state index in [4.69, 9.17) is 9.47 Å². The van der Waals surface area contributed by atoms with E-state index in [2.05, 4.69) is 20.4 Å². The molecule has 2 N–H and O–H groups in total. The van der Waals surface area contributed by atoms with E-state index in [1.807, 2.05) is 67.8 Å². The summed E-state index contributed by atoms with van der Waals surface area (Å²) in [6.07, 6.45) is 0. The van der Waals surface area contributed by atoms with Gasteiger partial charge in [0.25, 0.3) is 5.78 Å². The third kappa shape index (κ3) is 3.15. The third-order valence-electron chi connectivity index (χ3n) is 3.81. The number of benzene rings is 2. The lowest BCUT2D eigenvalue weighted by Crippen LogP contribution is -2.22. The number of fused-ring (bicyclic) bond motifs is 3. The Morgan fingerprint density at radius 2 is 1.73 bits per heavy atom. The number of H-pyrrole nitrogens is 1. The molecule has 0 aliphatic heterocycles. The molecule has 0 fully saturated rings. The van der Waals surface area contributed by atoms with Gasteiger partial charge in [-0.15, -0.1) is 0 Å². The molecule has 0 aliphatic rings. The molecule has 0 spiro atoms. The smallest absolute Gasteiger partial charge is 0.253 e. The highest BCUT2D eigenvalue weighted by molar-refractivity contribution is 5.81. The van der Waals surface area contributed by atoms with E-state index in [0.717, 1.165) is 28.2 Å². The molecule has 7 heteroatoms. The van der Waals surface area contributed by atoms with E-state index in [1.165, 1.54) is 0 Å². The fourth-order valence-corrected chi connectivity index (χ4v) is 2.74. The highest BCUT2D eigenvalue weighted by Crippen LogP contribution is 2.24. The number of hydrogen-bond acceptors (Lipinski definition) is 5. The van der Waals surface area contributed by atoms with E-state index >= 15 is 0 Å². The predicted molar refractivity (Wildman–Crippen MR) is 102 cm³/mol. The normalized spacial score (nSPS) is 11.8. The minimum atomic E-state index is -0.217. The highest BCUT2D eigenvalue weighted by Gasteiger charge is 2.12. The van der Waals surface area contributed by atoms with E-state index in [-0.39, 0.29) is 5.60 Å². The van der Waals surface area contributed by atoms with Crippen LogP contribution in [0.4, 0.5) is 11.6 Å². The lowest BCUT2D eigenvalue weighted by molar-refractivity contribution is 0.131. The number of nitrogens with one attached hydrogen (secondary N) is 2. The van der Waals surface area contributed by atoms with Crippen LogP contribution in [0.5, 0.6) is 11.5 Å². The van der Waals surface area contributed by atoms with Crippen LogP contribution < -0.4 is 14.8 Å². The van der Waals surface area contributed by atoms with Gasteiger partial charge in [0.15, 0.2) is 0 Å². The summed E-state index contributed by atoms with van der Waals surface area (Å²) in [6, 6.07) is 13.5. The standard InChI is InChI=1S/C19H21N5O2/c1-19(2,3)26-13-7-5-12(6-8-13)20-17-22-18-21-15-11-14(25-4)9-10-16(15)24(18)23-17/h5-11H,1-4H3,(H2,20,21,22,23). The Hall–Kier alpha value is -3.22. The molecule has 2 aromatic heterocycles. The highest BCUT2D eigenvalue weighted by atomic mass is 16.5. The van der Waals surface area contributed by atoms with Crippen LogP contribution in [0, 0.1) is 0 Å². The van der Waals surface area contributed by atoms with Crippen LogP contribution >= 0.6 is 0 Å². The summed E-state index contributed by atoms with van der Waals surface area (Å²) < 4.78 is 12.9. The Kier molecular flexibility index (Phi) is 3.72. The number of aromatic nitrogens is 4. The van der Waals surface area contributed by atoms with E-state index in [9.17, 15) is 0 Å². The molecule has 0 amide bonds. The zero-order chi connectivity index (χ0) is 18.3. The summed E-state index contributed by atoms with van der Waals surface area (Å²) in [6.45, 7) is 6.08. The first kappa shape index (κ1) is 16.3. The molecule has 2 aromatic carbocycles. The second-order valence-corrected chi connectivity index (χ2v) is 7.04. The quantitative estimate of drug-likeness (QED) is 0.578. The maximum atomic E-state index is 5.83. The Bertz CT molecular complexity index is 1060. The van der Waals surface area contributed by atoms with Crippen molar-refractivity contribution in [3.8, 4) is 11.5 Å². The van der Waals surface area contributed by atoms with Crippen molar-refractivity contribution in [1.29, 1.82) is 0 Å². The van der Waals surface area contributed by atoms with Gasteiger partial charge in [-0.2, -0.15) is 4.98 Å². The fourth-order valence-electron chi connectivity index (χ4n) is 2.74. The molecule has 2 heterocycles. The Labute approximate surface area is 151 Å². The summed E-state index contributed by atoms with van der Waals surface area (Å²) in [7, 11) is 1.64. The molecule has 0 aliphatic carbocycles. The number of ether oxygens (including phenoxy) is 2. The van der Waals surface area contributed by atoms with Gasteiger partial charge in [-0.05, 0) is 57.2 Å². The third-order valence-corrected chi connectivity index (χ3v) is 3.81. The summed E-state index contributed by atoms with van der Waals surface area (Å²) in [5, 5.41) is 6.47. The van der Waals surface area contributed by atoms with Gasteiger partial charge in [-0.3, -0.25) is 5.10 Å². The number of hydrogen-bond donors (Lipinski definition) is 2. The molecule has 26 heavy (non-hydrogen) atoms. The SMILES string of the molecule is COc1ccc2c(c1)nc1nc(Nc3ccc(OC(C)(C)C)cc3)[nH]n12. The van der Waals surface area contributed by atoms with Crippen molar-refractivity contribution in [3.63, 3.8) is 0 Å². The second kappa shape index (κ2) is 5.94. The van der Waals surface area contributed by atoms with Crippen molar-refractivity contribution in [1.82, 2.24) is 19.6 Å². The van der Waals surface area contributed by atoms with Gasteiger partial charge in [0.1, 0.15) is 17.1 Å². The fraction of sp³-hybridized carbons (Fsp3) is 0.263. The zero-order valence-electron chi connectivity index (χ0n) is 15.2. The minimum Gasteiger partial charge on any atom is -0.497 e. The molecule has 0 radical (unpaired) electrons. The van der Waals surface area contributed by atoms with Crippen molar-refractivity contribution in [3.05, 3.63) is 42.5 Å². The summed E-state index contributed by atoms with van der Waals surface area (Å²) in [4.78, 5) is 9.02. The number of rotatable bonds is 4. The van der Waals surface area contributed by atoms with Gasteiger partial charge in [0.2, 0.25) is 5.95 Å². The second-order valence-electron chi connectivity index (χ2n) is 7.04. The molecule has 4 rings (SSSR count). The van der Waals surface area contributed by atoms with Crippen molar-refractivity contribution < 1.29 is 9.47 Å². The van der Waals surface area contributed by atoms with E-state index in [0.29, 0.717) is 11.7 Å². The Balaban J connectivity index is 1.57. The van der Waals surface area contributed by atoms with Crippen LogP contribution in [0.1, 0.15) is 20.8 Å². The first-order valence-corrected chi connectivity index (χ1v) is 8.40. The average Bonchev–Trinajstić information content (AvgIpc) is 3.11. The van der Waals surface area contributed by atoms with Crippen molar-refractivity contribution in [2.24, 2.45) is 0 Å². The summed E-state index contributed by atoms with van der Waals surface area (Å²) in [5.41, 5.74) is 2.47. The van der Waals surface area contributed by atoms with Gasteiger partial charge < -0.3 is 14.8 Å². The van der Waals surface area contributed by atoms with Crippen LogP contribution in [0.15, 0.2) is 42.5 Å². The molecule has 4 aromatic rings. The largest absolute Gasteiger partial charge is 0.497 e. The van der Waals surface area contributed by atoms with Crippen molar-refractivity contribution in [2.45, 2.75) is 26.4 Å². The zero-order valence-corrected chi connectivity index (χ0v) is 15.2. The molecule has 0 saturated carbocycles. The maximum Gasteiger partial charge on any atom is 0.253 e. The summed E-state index contributed by atoms with van der Waals surface area (Å²) in [5.74, 6) is 2.82. The molecular weight excluding hydrogens is 330 g/mol. The van der Waals surface area contributed by atoms with E-state index < -0.39 is 0 Å². The first-order valence-electron chi connectivity index (χ1n) is 8.40. The van der Waals surface area contributed by atoms with Gasteiger partial charge in [0.05, 0.1) is 18.1 Å². The topological polar surface area (TPSA) is 76.5 Å². The lowest BCUT2D eigenvalue weighted by Gasteiger charge is -2.21. The van der Waals surface area contributed by atoms with Crippen LogP contribution in [-0.2, 0) is 0 Å².